The standard InChI is InChI=1S/C15H17N3O4/c1-9-7-13(19)18(15(22)17(9)2)11-5-3-10(4-6-11)8-12(16)14(20)21/h3-7,12H,8,16H2,1-2H3,(H,20,21)/t12-/m0/s1. The molecule has 1 atom stereocenters. The third kappa shape index (κ3) is 2.99. The normalized spacial score (nSPS) is 12.1. The summed E-state index contributed by atoms with van der Waals surface area (Å²) in [5, 5.41) is 8.79. The first-order valence-corrected chi connectivity index (χ1v) is 6.68. The van der Waals surface area contributed by atoms with Crippen LogP contribution in [0.4, 0.5) is 0 Å². The minimum absolute atomic E-state index is 0.177. The number of carbonyl (C=O) groups is 1. The van der Waals surface area contributed by atoms with E-state index in [0.717, 1.165) is 10.1 Å². The molecule has 0 saturated heterocycles. The second-order valence-electron chi connectivity index (χ2n) is 5.12. The lowest BCUT2D eigenvalue weighted by Gasteiger charge is -2.10. The van der Waals surface area contributed by atoms with Crippen LogP contribution in [-0.4, -0.2) is 26.3 Å². The van der Waals surface area contributed by atoms with Gasteiger partial charge in [-0.15, -0.1) is 0 Å². The van der Waals surface area contributed by atoms with Crippen LogP contribution in [0.25, 0.3) is 5.69 Å². The van der Waals surface area contributed by atoms with Gasteiger partial charge in [-0.3, -0.25) is 9.59 Å². The van der Waals surface area contributed by atoms with Gasteiger partial charge in [0.15, 0.2) is 0 Å². The number of aliphatic carboxylic acids is 1. The molecule has 2 rings (SSSR count). The van der Waals surface area contributed by atoms with Crippen LogP contribution in [0.3, 0.4) is 0 Å². The Morgan fingerprint density at radius 3 is 2.41 bits per heavy atom. The summed E-state index contributed by atoms with van der Waals surface area (Å²) in [6, 6.07) is 6.91. The van der Waals surface area contributed by atoms with Crippen molar-refractivity contribution in [2.24, 2.45) is 12.8 Å². The Morgan fingerprint density at radius 1 is 1.27 bits per heavy atom. The molecule has 1 aromatic heterocycles. The summed E-state index contributed by atoms with van der Waals surface area (Å²) >= 11 is 0. The highest BCUT2D eigenvalue weighted by Gasteiger charge is 2.13. The molecule has 0 aliphatic heterocycles. The van der Waals surface area contributed by atoms with Gasteiger partial charge < -0.3 is 15.4 Å². The zero-order valence-electron chi connectivity index (χ0n) is 12.3. The quantitative estimate of drug-likeness (QED) is 0.813. The summed E-state index contributed by atoms with van der Waals surface area (Å²) in [7, 11) is 1.59. The zero-order valence-corrected chi connectivity index (χ0v) is 12.3. The maximum atomic E-state index is 12.2. The molecule has 0 unspecified atom stereocenters. The van der Waals surface area contributed by atoms with Crippen LogP contribution in [0.1, 0.15) is 11.3 Å². The van der Waals surface area contributed by atoms with E-state index in [1.165, 1.54) is 10.6 Å². The Morgan fingerprint density at radius 2 is 1.86 bits per heavy atom. The molecule has 7 nitrogen and oxygen atoms in total. The first kappa shape index (κ1) is 15.7. The molecule has 2 aromatic rings. The molecule has 1 aromatic carbocycles. The van der Waals surface area contributed by atoms with Crippen molar-refractivity contribution >= 4 is 5.97 Å². The van der Waals surface area contributed by atoms with Crippen molar-refractivity contribution in [1.29, 1.82) is 0 Å². The second kappa shape index (κ2) is 5.98. The van der Waals surface area contributed by atoms with E-state index >= 15 is 0 Å². The molecule has 0 spiro atoms. The summed E-state index contributed by atoms with van der Waals surface area (Å²) in [6.45, 7) is 1.68. The highest BCUT2D eigenvalue weighted by atomic mass is 16.4. The van der Waals surface area contributed by atoms with Gasteiger partial charge in [0, 0.05) is 18.8 Å². The number of aryl methyl sites for hydroxylation is 1. The van der Waals surface area contributed by atoms with E-state index < -0.39 is 23.3 Å². The molecule has 3 N–H and O–H groups in total. The van der Waals surface area contributed by atoms with Gasteiger partial charge in [0.2, 0.25) is 0 Å². The van der Waals surface area contributed by atoms with Crippen LogP contribution < -0.4 is 17.0 Å². The fourth-order valence-corrected chi connectivity index (χ4v) is 2.10. The van der Waals surface area contributed by atoms with Crippen molar-refractivity contribution in [3.05, 3.63) is 62.4 Å². The predicted molar refractivity (Wildman–Crippen MR) is 81.3 cm³/mol. The van der Waals surface area contributed by atoms with Gasteiger partial charge >= 0.3 is 11.7 Å². The number of benzene rings is 1. The molecular formula is C15H17N3O4. The van der Waals surface area contributed by atoms with E-state index in [1.807, 2.05) is 0 Å². The lowest BCUT2D eigenvalue weighted by Crippen LogP contribution is -2.38. The van der Waals surface area contributed by atoms with Gasteiger partial charge in [0.05, 0.1) is 5.69 Å². The largest absolute Gasteiger partial charge is 0.480 e. The van der Waals surface area contributed by atoms with Crippen LogP contribution in [-0.2, 0) is 18.3 Å². The molecule has 7 heteroatoms. The number of aromatic nitrogens is 2. The SMILES string of the molecule is Cc1cc(=O)n(-c2ccc(C[C@H](N)C(=O)O)cc2)c(=O)n1C. The summed E-state index contributed by atoms with van der Waals surface area (Å²) in [5.41, 5.74) is 6.36. The van der Waals surface area contributed by atoms with Gasteiger partial charge in [-0.05, 0) is 31.0 Å². The lowest BCUT2D eigenvalue weighted by molar-refractivity contribution is -0.138. The van der Waals surface area contributed by atoms with Crippen molar-refractivity contribution in [3.8, 4) is 5.69 Å². The Hall–Kier alpha value is -2.67. The summed E-state index contributed by atoms with van der Waals surface area (Å²) in [6.07, 6.45) is 0.177. The van der Waals surface area contributed by atoms with Gasteiger partial charge in [-0.1, -0.05) is 12.1 Å². The molecule has 0 radical (unpaired) electrons. The number of hydrogen-bond donors (Lipinski definition) is 2. The van der Waals surface area contributed by atoms with Crippen molar-refractivity contribution in [1.82, 2.24) is 9.13 Å². The fourth-order valence-electron chi connectivity index (χ4n) is 2.10. The number of rotatable bonds is 4. The molecule has 1 heterocycles. The molecule has 0 bridgehead atoms. The van der Waals surface area contributed by atoms with Crippen LogP contribution in [0.15, 0.2) is 39.9 Å². The lowest BCUT2D eigenvalue weighted by atomic mass is 10.1. The zero-order chi connectivity index (χ0) is 16.4. The van der Waals surface area contributed by atoms with Crippen molar-refractivity contribution in [3.63, 3.8) is 0 Å². The number of carboxylic acid groups (broad SMARTS) is 1. The molecule has 0 amide bonds. The Bertz CT molecular complexity index is 818. The van der Waals surface area contributed by atoms with Crippen LogP contribution in [0, 0.1) is 6.92 Å². The second-order valence-corrected chi connectivity index (χ2v) is 5.12. The first-order valence-electron chi connectivity index (χ1n) is 6.68. The minimum Gasteiger partial charge on any atom is -0.480 e. The van der Waals surface area contributed by atoms with Crippen molar-refractivity contribution in [2.75, 3.05) is 0 Å². The fraction of sp³-hybridized carbons (Fsp3) is 0.267. The number of hydrogen-bond acceptors (Lipinski definition) is 4. The van der Waals surface area contributed by atoms with Crippen molar-refractivity contribution < 1.29 is 9.90 Å². The highest BCUT2D eigenvalue weighted by molar-refractivity contribution is 5.73. The van der Waals surface area contributed by atoms with E-state index in [4.69, 9.17) is 10.8 Å². The maximum Gasteiger partial charge on any atom is 0.335 e. The highest BCUT2D eigenvalue weighted by Crippen LogP contribution is 2.08. The first-order chi connectivity index (χ1) is 10.3. The van der Waals surface area contributed by atoms with E-state index in [2.05, 4.69) is 0 Å². The molecule has 0 aliphatic carbocycles. The van der Waals surface area contributed by atoms with Crippen LogP contribution >= 0.6 is 0 Å². The smallest absolute Gasteiger partial charge is 0.335 e. The Balaban J connectivity index is 2.40. The number of nitrogens with two attached hydrogens (primary N) is 1. The minimum atomic E-state index is -1.08. The summed E-state index contributed by atoms with van der Waals surface area (Å²) in [4.78, 5) is 34.9. The van der Waals surface area contributed by atoms with Crippen LogP contribution in [0.5, 0.6) is 0 Å². The van der Waals surface area contributed by atoms with Crippen molar-refractivity contribution in [2.45, 2.75) is 19.4 Å². The van der Waals surface area contributed by atoms with Gasteiger partial charge in [-0.2, -0.15) is 0 Å². The topological polar surface area (TPSA) is 107 Å². The third-order valence-corrected chi connectivity index (χ3v) is 3.53. The van der Waals surface area contributed by atoms with E-state index in [9.17, 15) is 14.4 Å². The number of nitrogens with zero attached hydrogens (tertiary/aromatic N) is 2. The monoisotopic (exact) mass is 303 g/mol. The molecule has 0 aliphatic rings. The van der Waals surface area contributed by atoms with Gasteiger partial charge in [0.1, 0.15) is 6.04 Å². The predicted octanol–water partition coefficient (Wildman–Crippen LogP) is -0.201. The average molecular weight is 303 g/mol. The van der Waals surface area contributed by atoms with Gasteiger partial charge in [-0.25, -0.2) is 9.36 Å². The summed E-state index contributed by atoms with van der Waals surface area (Å²) < 4.78 is 2.45. The Labute approximate surface area is 126 Å². The maximum absolute atomic E-state index is 12.2. The third-order valence-electron chi connectivity index (χ3n) is 3.53. The Kier molecular flexibility index (Phi) is 4.27. The van der Waals surface area contributed by atoms with Crippen LogP contribution in [0.2, 0.25) is 0 Å². The van der Waals surface area contributed by atoms with Gasteiger partial charge in [0.25, 0.3) is 5.56 Å². The van der Waals surface area contributed by atoms with E-state index in [1.54, 1.807) is 38.2 Å². The molecule has 0 saturated carbocycles. The summed E-state index contributed by atoms with van der Waals surface area (Å²) in [5.74, 6) is -1.08. The number of carboxylic acids is 1. The molecule has 22 heavy (non-hydrogen) atoms. The molecule has 0 fully saturated rings. The molecule has 116 valence electrons. The van der Waals surface area contributed by atoms with E-state index in [-0.39, 0.29) is 6.42 Å². The molecular weight excluding hydrogens is 286 g/mol. The average Bonchev–Trinajstić information content (AvgIpc) is 2.46. The van der Waals surface area contributed by atoms with E-state index in [0.29, 0.717) is 11.4 Å².